The van der Waals surface area contributed by atoms with Crippen LogP contribution in [0.4, 0.5) is 4.39 Å². The Morgan fingerprint density at radius 2 is 1.94 bits per heavy atom. The molecule has 0 aromatic heterocycles. The van der Waals surface area contributed by atoms with Gasteiger partial charge in [-0.3, -0.25) is 0 Å². The molecule has 1 rings (SSSR count). The van der Waals surface area contributed by atoms with E-state index in [9.17, 15) is 4.39 Å². The van der Waals surface area contributed by atoms with E-state index in [-0.39, 0.29) is 17.4 Å². The van der Waals surface area contributed by atoms with Crippen molar-refractivity contribution in [1.82, 2.24) is 10.6 Å². The largest absolute Gasteiger partial charge is 0.311 e. The lowest BCUT2D eigenvalue weighted by atomic mass is 10.1. The van der Waals surface area contributed by atoms with E-state index in [0.29, 0.717) is 0 Å². The van der Waals surface area contributed by atoms with Crippen LogP contribution in [0.1, 0.15) is 39.3 Å². The second-order valence-electron chi connectivity index (χ2n) is 5.41. The molecule has 0 aliphatic heterocycles. The van der Waals surface area contributed by atoms with Gasteiger partial charge in [-0.15, -0.1) is 0 Å². The summed E-state index contributed by atoms with van der Waals surface area (Å²) in [6.45, 7) is 10.2. The Balaban J connectivity index is 2.33. The SMILES string of the molecule is C[C@@H](NCCNC(C)(C)C)c1cccc(F)c1. The standard InChI is InChI=1S/C14H23FN2/c1-11(12-6-5-7-13(15)10-12)16-8-9-17-14(2,3)4/h5-7,10-11,16-17H,8-9H2,1-4H3/t11-/m1/s1. The first-order valence-corrected chi connectivity index (χ1v) is 6.12. The zero-order chi connectivity index (χ0) is 12.9. The third-order valence-electron chi connectivity index (χ3n) is 2.58. The molecule has 96 valence electrons. The molecule has 2 N–H and O–H groups in total. The van der Waals surface area contributed by atoms with Crippen molar-refractivity contribution in [2.75, 3.05) is 13.1 Å². The summed E-state index contributed by atoms with van der Waals surface area (Å²) in [6, 6.07) is 6.91. The first kappa shape index (κ1) is 14.1. The van der Waals surface area contributed by atoms with Crippen LogP contribution in [0.15, 0.2) is 24.3 Å². The van der Waals surface area contributed by atoms with Crippen LogP contribution in [0, 0.1) is 5.82 Å². The van der Waals surface area contributed by atoms with Crippen LogP contribution < -0.4 is 10.6 Å². The molecule has 17 heavy (non-hydrogen) atoms. The molecule has 0 aliphatic carbocycles. The van der Waals surface area contributed by atoms with Crippen LogP contribution >= 0.6 is 0 Å². The number of hydrogen-bond acceptors (Lipinski definition) is 2. The summed E-state index contributed by atoms with van der Waals surface area (Å²) in [6.07, 6.45) is 0. The van der Waals surface area contributed by atoms with Gasteiger partial charge in [0.2, 0.25) is 0 Å². The monoisotopic (exact) mass is 238 g/mol. The van der Waals surface area contributed by atoms with Crippen LogP contribution in [0.3, 0.4) is 0 Å². The molecule has 0 saturated carbocycles. The summed E-state index contributed by atoms with van der Waals surface area (Å²) in [5.74, 6) is -0.177. The third-order valence-corrected chi connectivity index (χ3v) is 2.58. The number of nitrogens with one attached hydrogen (secondary N) is 2. The number of halogens is 1. The van der Waals surface area contributed by atoms with Crippen molar-refractivity contribution in [3.05, 3.63) is 35.6 Å². The molecule has 1 aromatic carbocycles. The van der Waals surface area contributed by atoms with Crippen molar-refractivity contribution in [1.29, 1.82) is 0 Å². The Labute approximate surface area is 104 Å². The fourth-order valence-electron chi connectivity index (χ4n) is 1.62. The topological polar surface area (TPSA) is 24.1 Å². The van der Waals surface area contributed by atoms with Gasteiger partial charge < -0.3 is 10.6 Å². The highest BCUT2D eigenvalue weighted by Crippen LogP contribution is 2.12. The maximum absolute atomic E-state index is 13.0. The van der Waals surface area contributed by atoms with E-state index in [0.717, 1.165) is 18.7 Å². The number of rotatable bonds is 5. The molecule has 0 amide bonds. The second-order valence-corrected chi connectivity index (χ2v) is 5.41. The van der Waals surface area contributed by atoms with Gasteiger partial charge in [0.25, 0.3) is 0 Å². The molecular formula is C14H23FN2. The van der Waals surface area contributed by atoms with E-state index in [1.54, 1.807) is 12.1 Å². The first-order chi connectivity index (χ1) is 7.88. The van der Waals surface area contributed by atoms with Gasteiger partial charge in [-0.1, -0.05) is 12.1 Å². The van der Waals surface area contributed by atoms with E-state index >= 15 is 0 Å². The van der Waals surface area contributed by atoms with Crippen molar-refractivity contribution >= 4 is 0 Å². The van der Waals surface area contributed by atoms with Gasteiger partial charge in [0, 0.05) is 24.7 Å². The van der Waals surface area contributed by atoms with E-state index in [4.69, 9.17) is 0 Å². The third kappa shape index (κ3) is 5.80. The Hall–Kier alpha value is -0.930. The Kier molecular flexibility index (Phi) is 5.09. The van der Waals surface area contributed by atoms with Crippen molar-refractivity contribution in [2.45, 2.75) is 39.3 Å². The van der Waals surface area contributed by atoms with Crippen LogP contribution in [-0.4, -0.2) is 18.6 Å². The second kappa shape index (κ2) is 6.12. The minimum absolute atomic E-state index is 0.143. The minimum Gasteiger partial charge on any atom is -0.311 e. The van der Waals surface area contributed by atoms with Gasteiger partial charge in [-0.05, 0) is 45.4 Å². The number of benzene rings is 1. The zero-order valence-electron chi connectivity index (χ0n) is 11.2. The highest BCUT2D eigenvalue weighted by atomic mass is 19.1. The predicted octanol–water partition coefficient (Wildman–Crippen LogP) is 2.86. The molecule has 0 spiro atoms. The Bertz CT molecular complexity index is 344. The van der Waals surface area contributed by atoms with Crippen LogP contribution in [0.25, 0.3) is 0 Å². The molecule has 0 radical (unpaired) electrons. The first-order valence-electron chi connectivity index (χ1n) is 6.12. The molecule has 0 aliphatic rings. The maximum Gasteiger partial charge on any atom is 0.123 e. The summed E-state index contributed by atoms with van der Waals surface area (Å²) >= 11 is 0. The van der Waals surface area contributed by atoms with Crippen molar-refractivity contribution in [3.63, 3.8) is 0 Å². The van der Waals surface area contributed by atoms with E-state index in [1.165, 1.54) is 6.07 Å². The molecule has 0 saturated heterocycles. The van der Waals surface area contributed by atoms with Gasteiger partial charge in [0.15, 0.2) is 0 Å². The van der Waals surface area contributed by atoms with E-state index in [2.05, 4.69) is 31.4 Å². The molecule has 2 nitrogen and oxygen atoms in total. The highest BCUT2D eigenvalue weighted by molar-refractivity contribution is 5.19. The summed E-state index contributed by atoms with van der Waals surface area (Å²) in [4.78, 5) is 0. The van der Waals surface area contributed by atoms with Gasteiger partial charge >= 0.3 is 0 Å². The van der Waals surface area contributed by atoms with Crippen molar-refractivity contribution < 1.29 is 4.39 Å². The lowest BCUT2D eigenvalue weighted by molar-refractivity contribution is 0.414. The molecule has 0 heterocycles. The van der Waals surface area contributed by atoms with E-state index in [1.807, 2.05) is 13.0 Å². The normalized spacial score (nSPS) is 13.7. The Morgan fingerprint density at radius 1 is 1.24 bits per heavy atom. The van der Waals surface area contributed by atoms with Crippen molar-refractivity contribution in [2.24, 2.45) is 0 Å². The quantitative estimate of drug-likeness (QED) is 0.771. The molecule has 0 bridgehead atoms. The van der Waals surface area contributed by atoms with Gasteiger partial charge in [0.1, 0.15) is 5.82 Å². The summed E-state index contributed by atoms with van der Waals surface area (Å²) in [5.41, 5.74) is 1.13. The fourth-order valence-corrected chi connectivity index (χ4v) is 1.62. The zero-order valence-corrected chi connectivity index (χ0v) is 11.2. The lowest BCUT2D eigenvalue weighted by Crippen LogP contribution is -2.40. The summed E-state index contributed by atoms with van der Waals surface area (Å²) in [7, 11) is 0. The minimum atomic E-state index is -0.177. The molecule has 3 heteroatoms. The molecule has 1 aromatic rings. The van der Waals surface area contributed by atoms with Crippen LogP contribution in [0.2, 0.25) is 0 Å². The average Bonchev–Trinajstić information content (AvgIpc) is 2.23. The fraction of sp³-hybridized carbons (Fsp3) is 0.571. The maximum atomic E-state index is 13.0. The number of hydrogen-bond donors (Lipinski definition) is 2. The van der Waals surface area contributed by atoms with Crippen LogP contribution in [0.5, 0.6) is 0 Å². The summed E-state index contributed by atoms with van der Waals surface area (Å²) in [5, 5.41) is 6.77. The van der Waals surface area contributed by atoms with Gasteiger partial charge in [-0.25, -0.2) is 4.39 Å². The Morgan fingerprint density at radius 3 is 2.53 bits per heavy atom. The highest BCUT2D eigenvalue weighted by Gasteiger charge is 2.08. The predicted molar refractivity (Wildman–Crippen MR) is 70.6 cm³/mol. The molecule has 0 fully saturated rings. The molecule has 1 atom stereocenters. The van der Waals surface area contributed by atoms with E-state index < -0.39 is 0 Å². The average molecular weight is 238 g/mol. The summed E-state index contributed by atoms with van der Waals surface area (Å²) < 4.78 is 13.0. The smallest absolute Gasteiger partial charge is 0.123 e. The van der Waals surface area contributed by atoms with Gasteiger partial charge in [0.05, 0.1) is 0 Å². The lowest BCUT2D eigenvalue weighted by Gasteiger charge is -2.22. The van der Waals surface area contributed by atoms with Crippen molar-refractivity contribution in [3.8, 4) is 0 Å². The molecular weight excluding hydrogens is 215 g/mol. The molecule has 0 unspecified atom stereocenters. The van der Waals surface area contributed by atoms with Crippen LogP contribution in [-0.2, 0) is 0 Å². The van der Waals surface area contributed by atoms with Gasteiger partial charge in [-0.2, -0.15) is 0 Å².